The van der Waals surface area contributed by atoms with Crippen molar-refractivity contribution in [3.8, 4) is 0 Å². The second kappa shape index (κ2) is 3.61. The maximum atomic E-state index is 11.8. The summed E-state index contributed by atoms with van der Waals surface area (Å²) < 4.78 is 23.6. The van der Waals surface area contributed by atoms with Crippen LogP contribution >= 0.6 is 0 Å². The maximum absolute atomic E-state index is 11.8. The molecule has 15 heavy (non-hydrogen) atoms. The highest BCUT2D eigenvalue weighted by atomic mass is 32.2. The minimum atomic E-state index is -3.11. The van der Waals surface area contributed by atoms with Gasteiger partial charge in [0, 0.05) is 12.5 Å². The number of aryl methyl sites for hydroxylation is 1. The molecule has 1 aromatic rings. The Balaban J connectivity index is 2.59. The van der Waals surface area contributed by atoms with Crippen LogP contribution in [0.15, 0.2) is 23.1 Å². The van der Waals surface area contributed by atoms with Crippen LogP contribution in [0.25, 0.3) is 0 Å². The summed E-state index contributed by atoms with van der Waals surface area (Å²) in [7, 11) is -3.11. The van der Waals surface area contributed by atoms with E-state index >= 15 is 0 Å². The summed E-state index contributed by atoms with van der Waals surface area (Å²) >= 11 is 0. The van der Waals surface area contributed by atoms with Gasteiger partial charge in [-0.25, -0.2) is 8.42 Å². The van der Waals surface area contributed by atoms with Crippen molar-refractivity contribution in [1.29, 1.82) is 0 Å². The fraction of sp³-hybridized carbons (Fsp3) is 0.455. The summed E-state index contributed by atoms with van der Waals surface area (Å²) in [5.74, 6) is 0.115. The highest BCUT2D eigenvalue weighted by Crippen LogP contribution is 2.38. The lowest BCUT2D eigenvalue weighted by Crippen LogP contribution is -2.05. The quantitative estimate of drug-likeness (QED) is 0.825. The van der Waals surface area contributed by atoms with Gasteiger partial charge in [0.05, 0.1) is 10.6 Å². The molecule has 4 heteroatoms. The molecule has 0 amide bonds. The van der Waals surface area contributed by atoms with Gasteiger partial charge in [0.15, 0.2) is 9.84 Å². The lowest BCUT2D eigenvalue weighted by molar-refractivity contribution is 0.279. The van der Waals surface area contributed by atoms with Gasteiger partial charge in [-0.1, -0.05) is 12.1 Å². The van der Waals surface area contributed by atoms with Gasteiger partial charge in [0.1, 0.15) is 0 Å². The molecule has 0 radical (unpaired) electrons. The van der Waals surface area contributed by atoms with Crippen LogP contribution in [0.2, 0.25) is 0 Å². The maximum Gasteiger partial charge on any atom is 0.179 e. The third kappa shape index (κ3) is 1.68. The number of rotatable bonds is 2. The standard InChI is InChI=1S/C11H14O3S/c1-8-3-2-4-10-11(8)9(5-6-12)7-15(10,13)14/h2-4,9,12H,5-7H2,1H3. The predicted octanol–water partition coefficient (Wildman–Crippen LogP) is 1.25. The van der Waals surface area contributed by atoms with E-state index in [2.05, 4.69) is 0 Å². The van der Waals surface area contributed by atoms with Crippen molar-refractivity contribution >= 4 is 9.84 Å². The van der Waals surface area contributed by atoms with E-state index in [0.29, 0.717) is 11.3 Å². The van der Waals surface area contributed by atoms with Gasteiger partial charge >= 0.3 is 0 Å². The number of aliphatic hydroxyl groups excluding tert-OH is 1. The van der Waals surface area contributed by atoms with Gasteiger partial charge in [0.2, 0.25) is 0 Å². The molecule has 0 aliphatic carbocycles. The fourth-order valence-corrected chi connectivity index (χ4v) is 4.26. The van der Waals surface area contributed by atoms with Gasteiger partial charge in [0.25, 0.3) is 0 Å². The highest BCUT2D eigenvalue weighted by molar-refractivity contribution is 7.91. The normalized spacial score (nSPS) is 22.7. The van der Waals surface area contributed by atoms with E-state index in [4.69, 9.17) is 5.11 Å². The highest BCUT2D eigenvalue weighted by Gasteiger charge is 2.34. The van der Waals surface area contributed by atoms with Crippen LogP contribution in [0.5, 0.6) is 0 Å². The first-order chi connectivity index (χ1) is 7.06. The first-order valence-electron chi connectivity index (χ1n) is 4.99. The average Bonchev–Trinajstić information content (AvgIpc) is 2.41. The molecule has 1 N–H and O–H groups in total. The number of benzene rings is 1. The average molecular weight is 226 g/mol. The molecule has 1 heterocycles. The second-order valence-corrected chi connectivity index (χ2v) is 5.98. The van der Waals surface area contributed by atoms with Crippen LogP contribution in [0.4, 0.5) is 0 Å². The Hall–Kier alpha value is -0.870. The summed E-state index contributed by atoms with van der Waals surface area (Å²) in [6.45, 7) is 1.96. The van der Waals surface area contributed by atoms with Crippen molar-refractivity contribution < 1.29 is 13.5 Å². The van der Waals surface area contributed by atoms with Gasteiger partial charge in [-0.2, -0.15) is 0 Å². The molecule has 0 saturated heterocycles. The molecule has 0 bridgehead atoms. The van der Waals surface area contributed by atoms with E-state index in [1.54, 1.807) is 12.1 Å². The molecule has 1 aromatic carbocycles. The van der Waals surface area contributed by atoms with Crippen LogP contribution in [0, 0.1) is 6.92 Å². The van der Waals surface area contributed by atoms with E-state index in [9.17, 15) is 8.42 Å². The third-order valence-corrected chi connectivity index (χ3v) is 4.79. The van der Waals surface area contributed by atoms with Crippen LogP contribution in [-0.2, 0) is 9.84 Å². The van der Waals surface area contributed by atoms with Crippen molar-refractivity contribution in [2.75, 3.05) is 12.4 Å². The fourth-order valence-electron chi connectivity index (χ4n) is 2.27. The molecule has 2 rings (SSSR count). The number of fused-ring (bicyclic) bond motifs is 1. The van der Waals surface area contributed by atoms with Crippen molar-refractivity contribution in [2.24, 2.45) is 0 Å². The Morgan fingerprint density at radius 2 is 2.20 bits per heavy atom. The van der Waals surface area contributed by atoms with Crippen molar-refractivity contribution in [3.05, 3.63) is 29.3 Å². The minimum Gasteiger partial charge on any atom is -0.396 e. The molecular weight excluding hydrogens is 212 g/mol. The van der Waals surface area contributed by atoms with E-state index in [-0.39, 0.29) is 18.3 Å². The zero-order chi connectivity index (χ0) is 11.1. The molecule has 3 nitrogen and oxygen atoms in total. The van der Waals surface area contributed by atoms with Crippen LogP contribution in [0.1, 0.15) is 23.5 Å². The molecule has 0 fully saturated rings. The molecule has 0 saturated carbocycles. The number of hydrogen-bond acceptors (Lipinski definition) is 3. The number of aliphatic hydroxyl groups is 1. The second-order valence-electron chi connectivity index (χ2n) is 3.98. The summed E-state index contributed by atoms with van der Waals surface area (Å²) in [5.41, 5.74) is 1.92. The summed E-state index contributed by atoms with van der Waals surface area (Å²) in [4.78, 5) is 0.459. The summed E-state index contributed by atoms with van der Waals surface area (Å²) in [5, 5.41) is 8.92. The first-order valence-corrected chi connectivity index (χ1v) is 6.64. The Morgan fingerprint density at radius 3 is 2.87 bits per heavy atom. The minimum absolute atomic E-state index is 0.0313. The molecule has 1 aliphatic rings. The number of hydrogen-bond donors (Lipinski definition) is 1. The molecule has 1 aliphatic heterocycles. The van der Waals surface area contributed by atoms with E-state index < -0.39 is 9.84 Å². The molecule has 1 atom stereocenters. The van der Waals surface area contributed by atoms with Gasteiger partial charge in [-0.3, -0.25) is 0 Å². The predicted molar refractivity (Wildman–Crippen MR) is 57.7 cm³/mol. The first kappa shape index (κ1) is 10.6. The van der Waals surface area contributed by atoms with Crippen LogP contribution in [0.3, 0.4) is 0 Å². The largest absolute Gasteiger partial charge is 0.396 e. The van der Waals surface area contributed by atoms with Gasteiger partial charge < -0.3 is 5.11 Å². The van der Waals surface area contributed by atoms with Gasteiger partial charge in [-0.05, 0) is 30.5 Å². The lowest BCUT2D eigenvalue weighted by Gasteiger charge is -2.10. The van der Waals surface area contributed by atoms with Crippen LogP contribution < -0.4 is 0 Å². The molecule has 1 unspecified atom stereocenters. The Labute approximate surface area is 89.7 Å². The SMILES string of the molecule is Cc1cccc2c1C(CCO)CS2(=O)=O. The molecule has 82 valence electrons. The third-order valence-electron chi connectivity index (χ3n) is 2.93. The zero-order valence-corrected chi connectivity index (χ0v) is 9.42. The van der Waals surface area contributed by atoms with E-state index in [1.165, 1.54) is 0 Å². The lowest BCUT2D eigenvalue weighted by atomic mass is 9.94. The summed E-state index contributed by atoms with van der Waals surface area (Å²) in [6.07, 6.45) is 0.525. The Morgan fingerprint density at radius 1 is 1.47 bits per heavy atom. The molecular formula is C11H14O3S. The van der Waals surface area contributed by atoms with Gasteiger partial charge in [-0.15, -0.1) is 0 Å². The van der Waals surface area contributed by atoms with Crippen molar-refractivity contribution in [3.63, 3.8) is 0 Å². The monoisotopic (exact) mass is 226 g/mol. The van der Waals surface area contributed by atoms with E-state index in [0.717, 1.165) is 11.1 Å². The zero-order valence-electron chi connectivity index (χ0n) is 8.60. The van der Waals surface area contributed by atoms with Crippen molar-refractivity contribution in [1.82, 2.24) is 0 Å². The Bertz CT molecular complexity index is 477. The summed E-state index contributed by atoms with van der Waals surface area (Å²) in [6, 6.07) is 5.35. The number of sulfone groups is 1. The smallest absolute Gasteiger partial charge is 0.179 e. The van der Waals surface area contributed by atoms with E-state index in [1.807, 2.05) is 13.0 Å². The Kier molecular flexibility index (Phi) is 2.56. The topological polar surface area (TPSA) is 54.4 Å². The van der Waals surface area contributed by atoms with Crippen LogP contribution in [-0.4, -0.2) is 25.9 Å². The molecule has 0 spiro atoms. The van der Waals surface area contributed by atoms with Crippen molar-refractivity contribution in [2.45, 2.75) is 24.2 Å². The molecule has 0 aromatic heterocycles.